The summed E-state index contributed by atoms with van der Waals surface area (Å²) in [4.78, 5) is 65.5. The molecule has 12 atom stereocenters. The summed E-state index contributed by atoms with van der Waals surface area (Å²) in [6, 6.07) is -2.38. The predicted molar refractivity (Wildman–Crippen MR) is 218 cm³/mol. The van der Waals surface area contributed by atoms with Crippen LogP contribution in [0.4, 0.5) is 0 Å². The molecule has 3 unspecified atom stereocenters. The van der Waals surface area contributed by atoms with E-state index in [1.807, 2.05) is 6.92 Å². The van der Waals surface area contributed by atoms with Gasteiger partial charge in [-0.2, -0.15) is 0 Å². The van der Waals surface area contributed by atoms with Gasteiger partial charge in [0.2, 0.25) is 0 Å². The smallest absolute Gasteiger partial charge is 0.155 e. The maximum Gasteiger partial charge on any atom is 0.155 e. The zero-order valence-electron chi connectivity index (χ0n) is 30.6. The van der Waals surface area contributed by atoms with Gasteiger partial charge in [-0.1, -0.05) is 14.4 Å². The highest BCUT2D eigenvalue weighted by Crippen LogP contribution is 2.38. The standard InChI is InChI=1S/C12H22BO6P.C10H16BO6P.C9H16BO5P.CH4/c1-3-5-17-6-7-18-11-10(14)9(19-12(11)13)4-8-20(2,15)16;1-6(12)5-16-9-8(13)7(17-10(9)11)3-4-18(2,14)15;1-3-14-8-7(11)6(15-9(8)10)4-5-16(2,12)13;/h4,8-12,14-16H,2-3,5-7H2,1H3;3-4,7-10,13-15H,2,5H2,1H3;4-9,11-13H,2-3H2,1H3;1H4/b8-4+;4-3+;5-4+;/t9-,10?,11+,12-;7-,8?,9+,10-;6-,7?,8+,9-;/m111./s1. The summed E-state index contributed by atoms with van der Waals surface area (Å²) in [5, 5.41) is 29.7. The first kappa shape index (κ1) is 54.3. The maximum absolute atomic E-state index is 10.8. The average molecular weight is 840 g/mol. The molecular weight excluding hydrogens is 782 g/mol. The molecule has 0 aromatic carbocycles. The molecule has 3 aliphatic rings. The molecule has 55 heavy (non-hydrogen) atoms. The Morgan fingerprint density at radius 1 is 0.636 bits per heavy atom. The third-order valence-corrected chi connectivity index (χ3v) is 9.15. The lowest BCUT2D eigenvalue weighted by Crippen LogP contribution is -2.36. The minimum atomic E-state index is -3.32. The van der Waals surface area contributed by atoms with E-state index >= 15 is 0 Å². The highest BCUT2D eigenvalue weighted by Gasteiger charge is 2.42. The van der Waals surface area contributed by atoms with Gasteiger partial charge < -0.3 is 77.8 Å². The largest absolute Gasteiger partial charge is 0.387 e. The zero-order valence-corrected chi connectivity index (χ0v) is 33.3. The van der Waals surface area contributed by atoms with Gasteiger partial charge >= 0.3 is 0 Å². The molecule has 17 nitrogen and oxygen atoms in total. The number of aliphatic hydroxyl groups is 3. The fraction of sp³-hybridized carbons (Fsp3) is 0.688. The maximum atomic E-state index is 10.8. The number of ketones is 1. The highest BCUT2D eigenvalue weighted by atomic mass is 31.2. The van der Waals surface area contributed by atoms with Crippen molar-refractivity contribution < 1.29 is 82.6 Å². The first-order valence-electron chi connectivity index (χ1n) is 16.7. The van der Waals surface area contributed by atoms with Crippen LogP contribution >= 0.6 is 22.0 Å². The Morgan fingerprint density at radius 3 is 1.29 bits per heavy atom. The van der Waals surface area contributed by atoms with Crippen molar-refractivity contribution in [2.24, 2.45) is 0 Å². The number of ether oxygens (including phenoxy) is 7. The second-order valence-corrected chi connectivity index (χ2v) is 18.0. The topological polar surface area (TPSA) is 264 Å². The summed E-state index contributed by atoms with van der Waals surface area (Å²) in [6.45, 7) is 6.79. The molecule has 0 bridgehead atoms. The monoisotopic (exact) mass is 840 g/mol. The number of carbonyl (C=O) groups excluding carboxylic acids is 1. The Balaban J connectivity index is 0.000000793. The summed E-state index contributed by atoms with van der Waals surface area (Å²) in [6.07, 6.45) is 7.06. The first-order valence-corrected chi connectivity index (χ1v) is 22.6. The molecule has 312 valence electrons. The molecule has 3 rings (SSSR count). The van der Waals surface area contributed by atoms with Crippen LogP contribution in [0.1, 0.15) is 34.6 Å². The minimum absolute atomic E-state index is 0. The van der Waals surface area contributed by atoms with E-state index in [1.165, 1.54) is 25.2 Å². The van der Waals surface area contributed by atoms with Gasteiger partial charge in [-0.05, 0) is 74.8 Å². The van der Waals surface area contributed by atoms with Crippen LogP contribution in [0.2, 0.25) is 0 Å². The third-order valence-electron chi connectivity index (χ3n) is 7.20. The van der Waals surface area contributed by atoms with Gasteiger partial charge in [0.1, 0.15) is 107 Å². The molecule has 0 aromatic heterocycles. The van der Waals surface area contributed by atoms with Crippen molar-refractivity contribution in [3.8, 4) is 0 Å². The Kier molecular flexibility index (Phi) is 25.4. The molecule has 6 radical (unpaired) electrons. The Labute approximate surface area is 328 Å². The molecule has 3 saturated heterocycles. The molecule has 0 saturated carbocycles. The molecule has 23 heteroatoms. The summed E-state index contributed by atoms with van der Waals surface area (Å²) in [5.41, 5.74) is 0. The van der Waals surface area contributed by atoms with Crippen molar-refractivity contribution in [1.82, 2.24) is 0 Å². The summed E-state index contributed by atoms with van der Waals surface area (Å²) < 4.78 is 36.8. The van der Waals surface area contributed by atoms with Crippen molar-refractivity contribution in [3.63, 3.8) is 0 Å². The molecule has 3 fully saturated rings. The SMILES string of the molecule is C.[B][C@@H]1O[C@H](/C=C/P(=C)(O)O)C(O)[C@@H]1OCC.[B][C@@H]1O[C@H](/C=C/P(=C)(O)O)C(O)[C@@H]1OCC(C)=O.[B][C@@H]1O[C@H](/C=C/P(=C)(O)O)C(O)[C@@H]1OCCOCCC. The Morgan fingerprint density at radius 2 is 0.982 bits per heavy atom. The van der Waals surface area contributed by atoms with Gasteiger partial charge in [0.05, 0.1) is 13.2 Å². The number of aliphatic hydroxyl groups excluding tert-OH is 3. The van der Waals surface area contributed by atoms with Gasteiger partial charge in [0, 0.05) is 31.2 Å². The fourth-order valence-corrected chi connectivity index (χ4v) is 6.12. The van der Waals surface area contributed by atoms with Crippen LogP contribution in [0.5, 0.6) is 0 Å². The van der Waals surface area contributed by atoms with E-state index in [4.69, 9.17) is 76.3 Å². The van der Waals surface area contributed by atoms with E-state index < -0.39 is 95.0 Å². The molecule has 0 aliphatic carbocycles. The second-order valence-electron chi connectivity index (χ2n) is 12.4. The summed E-state index contributed by atoms with van der Waals surface area (Å²) in [5.74, 6) is 3.13. The molecular formula is C32H58B3O17P3. The molecule has 3 aliphatic heterocycles. The van der Waals surface area contributed by atoms with Crippen LogP contribution in [0.25, 0.3) is 0 Å². The number of carbonyl (C=O) groups is 1. The average Bonchev–Trinajstić information content (AvgIpc) is 3.60. The number of hydrogen-bond donors (Lipinski definition) is 9. The van der Waals surface area contributed by atoms with Gasteiger partial charge in [-0.25, -0.2) is 0 Å². The van der Waals surface area contributed by atoms with E-state index in [9.17, 15) is 29.9 Å². The third kappa shape index (κ3) is 21.8. The van der Waals surface area contributed by atoms with Gasteiger partial charge in [0.25, 0.3) is 0 Å². The quantitative estimate of drug-likeness (QED) is 0.0478. The minimum Gasteiger partial charge on any atom is -0.387 e. The Bertz CT molecular complexity index is 1360. The van der Waals surface area contributed by atoms with Crippen molar-refractivity contribution in [3.05, 3.63) is 35.7 Å². The van der Waals surface area contributed by atoms with E-state index in [2.05, 4.69) is 18.9 Å². The molecule has 0 spiro atoms. The van der Waals surface area contributed by atoms with Crippen molar-refractivity contribution >= 4 is 70.2 Å². The van der Waals surface area contributed by atoms with Crippen LogP contribution < -0.4 is 0 Å². The Hall–Kier alpha value is -0.655. The van der Waals surface area contributed by atoms with E-state index in [-0.39, 0.29) is 19.8 Å². The highest BCUT2D eigenvalue weighted by molar-refractivity contribution is 7.66. The van der Waals surface area contributed by atoms with Crippen molar-refractivity contribution in [2.75, 3.05) is 33.0 Å². The van der Waals surface area contributed by atoms with E-state index in [1.54, 1.807) is 6.92 Å². The molecule has 0 aromatic rings. The molecule has 9 N–H and O–H groups in total. The first-order chi connectivity index (χ1) is 24.9. The van der Waals surface area contributed by atoms with Crippen molar-refractivity contribution in [1.29, 1.82) is 0 Å². The molecule has 0 amide bonds. The number of hydrogen-bond acceptors (Lipinski definition) is 17. The van der Waals surface area contributed by atoms with E-state index in [0.717, 1.165) is 23.9 Å². The van der Waals surface area contributed by atoms with Crippen LogP contribution in [0.3, 0.4) is 0 Å². The van der Waals surface area contributed by atoms with Crippen molar-refractivity contribution in [2.45, 2.75) is 108 Å². The van der Waals surface area contributed by atoms with Crippen LogP contribution in [0, 0.1) is 0 Å². The predicted octanol–water partition coefficient (Wildman–Crippen LogP) is -1.12. The normalized spacial score (nSPS) is 32.7. The fourth-order valence-electron chi connectivity index (χ4n) is 4.78. The summed E-state index contributed by atoms with van der Waals surface area (Å²) >= 11 is 0. The summed E-state index contributed by atoms with van der Waals surface area (Å²) in [7, 11) is 7.07. The lowest BCUT2D eigenvalue weighted by atomic mass is 9.93. The van der Waals surface area contributed by atoms with E-state index in [0.29, 0.717) is 26.4 Å². The zero-order chi connectivity index (χ0) is 41.4. The lowest BCUT2D eigenvalue weighted by Gasteiger charge is -2.18. The van der Waals surface area contributed by atoms with Gasteiger partial charge in [-0.15, -0.1) is 0 Å². The number of rotatable bonds is 17. The molecule has 3 heterocycles. The van der Waals surface area contributed by atoms with Crippen LogP contribution in [-0.2, 0) is 38.0 Å². The van der Waals surface area contributed by atoms with Gasteiger partial charge in [0.15, 0.2) is 5.78 Å². The van der Waals surface area contributed by atoms with Crippen LogP contribution in [0.15, 0.2) is 35.7 Å². The number of Topliss-reactive ketones (excluding diaryl/α,β-unsaturated/α-hetero) is 1. The lowest BCUT2D eigenvalue weighted by molar-refractivity contribution is -0.125. The second kappa shape index (κ2) is 25.7. The van der Waals surface area contributed by atoms with Crippen LogP contribution in [-0.4, -0.2) is 199 Å². The van der Waals surface area contributed by atoms with Gasteiger partial charge in [-0.3, -0.25) is 4.79 Å².